The Balaban J connectivity index is 1.74. The minimum absolute atomic E-state index is 0.0750. The first kappa shape index (κ1) is 23.1. The SMILES string of the molecule is CC1=C(C(=O)NCc2ccc(F)cc2)C(c2ccc(Cl)c(Cl)c2)n2nc(C(F)(F)F)cc2N1. The van der Waals surface area contributed by atoms with Crippen LogP contribution in [0.1, 0.15) is 29.8 Å². The number of aromatic nitrogens is 2. The molecule has 4 rings (SSSR count). The minimum Gasteiger partial charge on any atom is -0.348 e. The Kier molecular flexibility index (Phi) is 6.11. The molecule has 0 radical (unpaired) electrons. The van der Waals surface area contributed by atoms with E-state index >= 15 is 0 Å². The van der Waals surface area contributed by atoms with Gasteiger partial charge in [-0.05, 0) is 42.3 Å². The highest BCUT2D eigenvalue weighted by atomic mass is 35.5. The predicted molar refractivity (Wildman–Crippen MR) is 116 cm³/mol. The third-order valence-electron chi connectivity index (χ3n) is 5.13. The molecule has 33 heavy (non-hydrogen) atoms. The Morgan fingerprint density at radius 3 is 2.45 bits per heavy atom. The molecule has 2 aromatic carbocycles. The summed E-state index contributed by atoms with van der Waals surface area (Å²) in [5, 5.41) is 9.72. The zero-order chi connectivity index (χ0) is 23.9. The van der Waals surface area contributed by atoms with E-state index in [0.29, 0.717) is 16.8 Å². The van der Waals surface area contributed by atoms with Gasteiger partial charge in [0.1, 0.15) is 17.7 Å². The molecule has 1 amide bonds. The lowest BCUT2D eigenvalue weighted by atomic mass is 9.94. The Bertz CT molecular complexity index is 1250. The third-order valence-corrected chi connectivity index (χ3v) is 5.87. The first-order chi connectivity index (χ1) is 15.5. The molecule has 2 heterocycles. The van der Waals surface area contributed by atoms with Crippen LogP contribution in [0.15, 0.2) is 59.8 Å². The number of hydrogen-bond acceptors (Lipinski definition) is 3. The highest BCUT2D eigenvalue weighted by Gasteiger charge is 2.39. The van der Waals surface area contributed by atoms with E-state index in [0.717, 1.165) is 10.7 Å². The summed E-state index contributed by atoms with van der Waals surface area (Å²) in [6.07, 6.45) is -4.67. The molecular weight excluding hydrogens is 483 g/mol. The quantitative estimate of drug-likeness (QED) is 0.436. The highest BCUT2D eigenvalue weighted by Crippen LogP contribution is 2.40. The van der Waals surface area contributed by atoms with Gasteiger partial charge in [-0.25, -0.2) is 9.07 Å². The smallest absolute Gasteiger partial charge is 0.348 e. The van der Waals surface area contributed by atoms with Gasteiger partial charge in [0.05, 0.1) is 15.6 Å². The second-order valence-electron chi connectivity index (χ2n) is 7.41. The number of alkyl halides is 3. The van der Waals surface area contributed by atoms with Crippen molar-refractivity contribution in [1.82, 2.24) is 15.1 Å². The summed E-state index contributed by atoms with van der Waals surface area (Å²) < 4.78 is 54.3. The molecule has 1 atom stereocenters. The Labute approximate surface area is 196 Å². The van der Waals surface area contributed by atoms with Gasteiger partial charge in [0.2, 0.25) is 0 Å². The van der Waals surface area contributed by atoms with Gasteiger partial charge in [-0.15, -0.1) is 0 Å². The first-order valence-corrected chi connectivity index (χ1v) is 10.4. The van der Waals surface area contributed by atoms with Crippen molar-refractivity contribution in [3.05, 3.63) is 92.5 Å². The molecule has 1 aliphatic rings. The van der Waals surface area contributed by atoms with Crippen molar-refractivity contribution < 1.29 is 22.4 Å². The van der Waals surface area contributed by atoms with Crippen molar-refractivity contribution in [2.75, 3.05) is 5.32 Å². The predicted octanol–water partition coefficient (Wildman–Crippen LogP) is 5.95. The number of amides is 1. The van der Waals surface area contributed by atoms with E-state index in [4.69, 9.17) is 23.2 Å². The monoisotopic (exact) mass is 498 g/mol. The van der Waals surface area contributed by atoms with Crippen molar-refractivity contribution in [1.29, 1.82) is 0 Å². The minimum atomic E-state index is -4.67. The number of fused-ring (bicyclic) bond motifs is 1. The highest BCUT2D eigenvalue weighted by molar-refractivity contribution is 6.42. The van der Waals surface area contributed by atoms with Crippen LogP contribution in [0.3, 0.4) is 0 Å². The van der Waals surface area contributed by atoms with Crippen LogP contribution < -0.4 is 10.6 Å². The maximum Gasteiger partial charge on any atom is 0.435 e. The van der Waals surface area contributed by atoms with Gasteiger partial charge in [-0.3, -0.25) is 4.79 Å². The van der Waals surface area contributed by atoms with E-state index in [9.17, 15) is 22.4 Å². The Hall–Kier alpha value is -3.04. The molecule has 11 heteroatoms. The molecule has 5 nitrogen and oxygen atoms in total. The van der Waals surface area contributed by atoms with Crippen molar-refractivity contribution in [2.24, 2.45) is 0 Å². The fourth-order valence-corrected chi connectivity index (χ4v) is 3.88. The normalized spacial score (nSPS) is 15.8. The van der Waals surface area contributed by atoms with Crippen LogP contribution in [0.4, 0.5) is 23.4 Å². The Morgan fingerprint density at radius 2 is 1.82 bits per heavy atom. The van der Waals surface area contributed by atoms with E-state index in [1.165, 1.54) is 36.4 Å². The maximum atomic E-state index is 13.3. The van der Waals surface area contributed by atoms with E-state index in [-0.39, 0.29) is 28.0 Å². The first-order valence-electron chi connectivity index (χ1n) is 9.66. The topological polar surface area (TPSA) is 59.0 Å². The second-order valence-corrected chi connectivity index (χ2v) is 8.22. The summed E-state index contributed by atoms with van der Waals surface area (Å²) in [7, 11) is 0. The van der Waals surface area contributed by atoms with E-state index in [1.807, 2.05) is 0 Å². The van der Waals surface area contributed by atoms with Gasteiger partial charge in [0.25, 0.3) is 5.91 Å². The molecule has 1 aliphatic heterocycles. The fourth-order valence-electron chi connectivity index (χ4n) is 3.57. The zero-order valence-corrected chi connectivity index (χ0v) is 18.5. The number of nitrogens with one attached hydrogen (secondary N) is 2. The summed E-state index contributed by atoms with van der Waals surface area (Å²) in [5.41, 5.74) is 0.478. The van der Waals surface area contributed by atoms with E-state index < -0.39 is 29.6 Å². The number of nitrogens with zero attached hydrogens (tertiary/aromatic N) is 2. The number of anilines is 1. The molecule has 1 unspecified atom stereocenters. The number of halogens is 6. The molecule has 2 N–H and O–H groups in total. The molecule has 0 spiro atoms. The number of rotatable bonds is 4. The van der Waals surface area contributed by atoms with Crippen molar-refractivity contribution in [3.63, 3.8) is 0 Å². The molecule has 1 aromatic heterocycles. The van der Waals surface area contributed by atoms with Gasteiger partial charge in [0, 0.05) is 18.3 Å². The number of benzene rings is 2. The lowest BCUT2D eigenvalue weighted by molar-refractivity contribution is -0.141. The third kappa shape index (κ3) is 4.69. The van der Waals surface area contributed by atoms with Crippen LogP contribution in [-0.4, -0.2) is 15.7 Å². The van der Waals surface area contributed by atoms with Gasteiger partial charge in [0.15, 0.2) is 5.69 Å². The molecule has 0 fully saturated rings. The van der Waals surface area contributed by atoms with E-state index in [2.05, 4.69) is 15.7 Å². The van der Waals surface area contributed by atoms with Crippen LogP contribution in [0.2, 0.25) is 10.0 Å². The molecule has 0 bridgehead atoms. The van der Waals surface area contributed by atoms with Gasteiger partial charge in [-0.1, -0.05) is 41.4 Å². The van der Waals surface area contributed by atoms with Gasteiger partial charge < -0.3 is 10.6 Å². The average Bonchev–Trinajstić information content (AvgIpc) is 3.18. The molecule has 0 saturated carbocycles. The summed E-state index contributed by atoms with van der Waals surface area (Å²) in [6.45, 7) is 1.67. The summed E-state index contributed by atoms with van der Waals surface area (Å²) >= 11 is 12.2. The molecule has 172 valence electrons. The molecule has 3 aromatic rings. The summed E-state index contributed by atoms with van der Waals surface area (Å²) in [6, 6.07) is 10.0. The molecular formula is C22H16Cl2F4N4O. The Morgan fingerprint density at radius 1 is 1.12 bits per heavy atom. The second kappa shape index (κ2) is 8.72. The van der Waals surface area contributed by atoms with E-state index in [1.54, 1.807) is 13.0 Å². The fraction of sp³-hybridized carbons (Fsp3) is 0.182. The number of carbonyl (C=O) groups is 1. The number of carbonyl (C=O) groups excluding carboxylic acids is 1. The largest absolute Gasteiger partial charge is 0.435 e. The van der Waals surface area contributed by atoms with Crippen LogP contribution >= 0.6 is 23.2 Å². The maximum absolute atomic E-state index is 13.3. The summed E-state index contributed by atoms with van der Waals surface area (Å²) in [4.78, 5) is 13.2. The zero-order valence-electron chi connectivity index (χ0n) is 17.0. The number of allylic oxidation sites excluding steroid dienone is 1. The number of hydrogen-bond donors (Lipinski definition) is 2. The summed E-state index contributed by atoms with van der Waals surface area (Å²) in [5.74, 6) is -0.868. The van der Waals surface area contributed by atoms with Gasteiger partial charge in [-0.2, -0.15) is 18.3 Å². The van der Waals surface area contributed by atoms with Crippen LogP contribution in [-0.2, 0) is 17.5 Å². The van der Waals surface area contributed by atoms with Crippen LogP contribution in [0.25, 0.3) is 0 Å². The van der Waals surface area contributed by atoms with Crippen molar-refractivity contribution in [3.8, 4) is 0 Å². The van der Waals surface area contributed by atoms with Crippen LogP contribution in [0, 0.1) is 5.82 Å². The molecule has 0 saturated heterocycles. The lowest BCUT2D eigenvalue weighted by Crippen LogP contribution is -2.34. The average molecular weight is 499 g/mol. The van der Waals surface area contributed by atoms with Crippen molar-refractivity contribution in [2.45, 2.75) is 25.7 Å². The standard InChI is InChI=1S/C22H16Cl2F4N4O/c1-11-19(21(33)29-10-12-2-5-14(25)6-3-12)20(13-4-7-15(23)16(24)8-13)32-18(30-11)9-17(31-32)22(26,27)28/h2-9,20,30H,10H2,1H3,(H,29,33). The van der Waals surface area contributed by atoms with Crippen molar-refractivity contribution >= 4 is 34.9 Å². The lowest BCUT2D eigenvalue weighted by Gasteiger charge is -2.30. The van der Waals surface area contributed by atoms with Gasteiger partial charge >= 0.3 is 6.18 Å². The molecule has 0 aliphatic carbocycles. The van der Waals surface area contributed by atoms with Crippen LogP contribution in [0.5, 0.6) is 0 Å².